The molecule has 1 aliphatic heterocycles. The molecular formula is C13H17ClFNO. The van der Waals surface area contributed by atoms with Crippen LogP contribution >= 0.6 is 11.6 Å². The molecule has 0 spiro atoms. The van der Waals surface area contributed by atoms with E-state index < -0.39 is 0 Å². The standard InChI is InChI=1S/C13H17ClFNO/c1-13(5-2-6-16-9-13)17-8-10-7-11(15)3-4-12(10)14/h3-4,7,16H,2,5-6,8-9H2,1H3. The zero-order valence-corrected chi connectivity index (χ0v) is 10.7. The quantitative estimate of drug-likeness (QED) is 0.898. The molecule has 0 radical (unpaired) electrons. The molecule has 1 unspecified atom stereocenters. The fourth-order valence-electron chi connectivity index (χ4n) is 2.06. The van der Waals surface area contributed by atoms with Crippen molar-refractivity contribution >= 4 is 11.6 Å². The summed E-state index contributed by atoms with van der Waals surface area (Å²) in [5.41, 5.74) is 0.534. The van der Waals surface area contributed by atoms with Crippen LogP contribution in [-0.4, -0.2) is 18.7 Å². The first-order chi connectivity index (χ1) is 8.09. The van der Waals surface area contributed by atoms with Crippen molar-refractivity contribution < 1.29 is 9.13 Å². The van der Waals surface area contributed by atoms with Crippen LogP contribution in [0, 0.1) is 5.82 Å². The summed E-state index contributed by atoms with van der Waals surface area (Å²) in [7, 11) is 0. The van der Waals surface area contributed by atoms with Crippen LogP contribution in [0.15, 0.2) is 18.2 Å². The van der Waals surface area contributed by atoms with Crippen molar-refractivity contribution in [3.05, 3.63) is 34.6 Å². The van der Waals surface area contributed by atoms with Gasteiger partial charge in [0.2, 0.25) is 0 Å². The summed E-state index contributed by atoms with van der Waals surface area (Å²) in [4.78, 5) is 0. The van der Waals surface area contributed by atoms with E-state index in [1.165, 1.54) is 12.1 Å². The van der Waals surface area contributed by atoms with Crippen LogP contribution in [0.3, 0.4) is 0 Å². The fourth-order valence-corrected chi connectivity index (χ4v) is 2.23. The molecule has 1 aromatic rings. The van der Waals surface area contributed by atoms with Gasteiger partial charge < -0.3 is 10.1 Å². The molecule has 4 heteroatoms. The van der Waals surface area contributed by atoms with Gasteiger partial charge >= 0.3 is 0 Å². The van der Waals surface area contributed by atoms with Crippen LogP contribution in [0.4, 0.5) is 4.39 Å². The van der Waals surface area contributed by atoms with Gasteiger partial charge in [-0.25, -0.2) is 4.39 Å². The molecule has 1 saturated heterocycles. The molecule has 0 bridgehead atoms. The van der Waals surface area contributed by atoms with E-state index in [4.69, 9.17) is 16.3 Å². The summed E-state index contributed by atoms with van der Waals surface area (Å²) in [6.07, 6.45) is 2.13. The summed E-state index contributed by atoms with van der Waals surface area (Å²) < 4.78 is 19.0. The Morgan fingerprint density at radius 1 is 1.53 bits per heavy atom. The first kappa shape index (κ1) is 12.8. The van der Waals surface area contributed by atoms with Crippen molar-refractivity contribution in [2.45, 2.75) is 32.0 Å². The fraction of sp³-hybridized carbons (Fsp3) is 0.538. The van der Waals surface area contributed by atoms with Crippen LogP contribution < -0.4 is 5.32 Å². The van der Waals surface area contributed by atoms with E-state index in [0.29, 0.717) is 17.2 Å². The second-order valence-corrected chi connectivity index (χ2v) is 5.16. The Morgan fingerprint density at radius 3 is 3.06 bits per heavy atom. The number of hydrogen-bond donors (Lipinski definition) is 1. The lowest BCUT2D eigenvalue weighted by molar-refractivity contribution is -0.0571. The topological polar surface area (TPSA) is 21.3 Å². The van der Waals surface area contributed by atoms with Crippen molar-refractivity contribution in [1.29, 1.82) is 0 Å². The molecule has 1 atom stereocenters. The van der Waals surface area contributed by atoms with E-state index in [-0.39, 0.29) is 11.4 Å². The summed E-state index contributed by atoms with van der Waals surface area (Å²) in [5.74, 6) is -0.278. The lowest BCUT2D eigenvalue weighted by atomic mass is 9.96. The van der Waals surface area contributed by atoms with Crippen LogP contribution in [-0.2, 0) is 11.3 Å². The smallest absolute Gasteiger partial charge is 0.123 e. The van der Waals surface area contributed by atoms with Crippen molar-refractivity contribution in [1.82, 2.24) is 5.32 Å². The van der Waals surface area contributed by atoms with Crippen LogP contribution in [0.5, 0.6) is 0 Å². The van der Waals surface area contributed by atoms with Gasteiger partial charge in [0.1, 0.15) is 5.82 Å². The monoisotopic (exact) mass is 257 g/mol. The number of halogens is 2. The molecule has 94 valence electrons. The van der Waals surface area contributed by atoms with E-state index in [2.05, 4.69) is 12.2 Å². The van der Waals surface area contributed by atoms with Crippen molar-refractivity contribution in [3.8, 4) is 0 Å². The second kappa shape index (κ2) is 5.34. The van der Waals surface area contributed by atoms with Gasteiger partial charge in [-0.3, -0.25) is 0 Å². The molecule has 1 heterocycles. The third-order valence-electron chi connectivity index (χ3n) is 3.14. The Kier molecular flexibility index (Phi) is 4.02. The first-order valence-electron chi connectivity index (χ1n) is 5.88. The minimum atomic E-state index is -0.278. The largest absolute Gasteiger partial charge is 0.369 e. The van der Waals surface area contributed by atoms with E-state index in [9.17, 15) is 4.39 Å². The molecule has 0 aromatic heterocycles. The third-order valence-corrected chi connectivity index (χ3v) is 3.51. The van der Waals surface area contributed by atoms with Gasteiger partial charge in [0, 0.05) is 11.6 Å². The highest BCUT2D eigenvalue weighted by Gasteiger charge is 2.27. The number of ether oxygens (including phenoxy) is 1. The maximum Gasteiger partial charge on any atom is 0.123 e. The van der Waals surface area contributed by atoms with Crippen molar-refractivity contribution in [2.24, 2.45) is 0 Å². The van der Waals surface area contributed by atoms with Gasteiger partial charge in [-0.05, 0) is 50.1 Å². The Balaban J connectivity index is 1.99. The Bertz CT molecular complexity index is 391. The summed E-state index contributed by atoms with van der Waals surface area (Å²) in [6.45, 7) is 4.31. The van der Waals surface area contributed by atoms with Crippen LogP contribution in [0.1, 0.15) is 25.3 Å². The Hall–Kier alpha value is -0.640. The highest BCUT2D eigenvalue weighted by molar-refractivity contribution is 6.31. The van der Waals surface area contributed by atoms with E-state index in [0.717, 1.165) is 25.9 Å². The van der Waals surface area contributed by atoms with E-state index >= 15 is 0 Å². The minimum absolute atomic E-state index is 0.173. The SMILES string of the molecule is CC1(OCc2cc(F)ccc2Cl)CCCNC1. The van der Waals surface area contributed by atoms with Crippen molar-refractivity contribution in [3.63, 3.8) is 0 Å². The molecule has 1 aromatic carbocycles. The average Bonchev–Trinajstić information content (AvgIpc) is 2.31. The summed E-state index contributed by atoms with van der Waals surface area (Å²) in [6, 6.07) is 4.36. The van der Waals surface area contributed by atoms with Gasteiger partial charge in [0.05, 0.1) is 12.2 Å². The van der Waals surface area contributed by atoms with E-state index in [1.54, 1.807) is 6.07 Å². The molecule has 2 rings (SSSR count). The zero-order valence-electron chi connectivity index (χ0n) is 9.93. The van der Waals surface area contributed by atoms with Gasteiger partial charge in [-0.15, -0.1) is 0 Å². The van der Waals surface area contributed by atoms with Crippen molar-refractivity contribution in [2.75, 3.05) is 13.1 Å². The number of piperidine rings is 1. The number of nitrogens with one attached hydrogen (secondary N) is 1. The van der Waals surface area contributed by atoms with Crippen LogP contribution in [0.2, 0.25) is 5.02 Å². The van der Waals surface area contributed by atoms with Crippen LogP contribution in [0.25, 0.3) is 0 Å². The molecule has 1 N–H and O–H groups in total. The zero-order chi connectivity index (χ0) is 12.3. The number of rotatable bonds is 3. The number of benzene rings is 1. The third kappa shape index (κ3) is 3.41. The predicted octanol–water partition coefficient (Wildman–Crippen LogP) is 3.14. The van der Waals surface area contributed by atoms with Gasteiger partial charge in [0.15, 0.2) is 0 Å². The average molecular weight is 258 g/mol. The summed E-state index contributed by atoms with van der Waals surface area (Å²) >= 11 is 6.00. The maximum absolute atomic E-state index is 13.1. The maximum atomic E-state index is 13.1. The molecule has 0 aliphatic carbocycles. The van der Waals surface area contributed by atoms with Gasteiger partial charge in [0.25, 0.3) is 0 Å². The molecule has 1 aliphatic rings. The molecule has 17 heavy (non-hydrogen) atoms. The molecule has 0 saturated carbocycles. The Labute approximate surface area is 106 Å². The van der Waals surface area contributed by atoms with E-state index in [1.807, 2.05) is 0 Å². The van der Waals surface area contributed by atoms with Gasteiger partial charge in [-0.1, -0.05) is 11.6 Å². The first-order valence-corrected chi connectivity index (χ1v) is 6.25. The molecule has 0 amide bonds. The number of hydrogen-bond acceptors (Lipinski definition) is 2. The summed E-state index contributed by atoms with van der Waals surface area (Å²) in [5, 5.41) is 3.86. The lowest BCUT2D eigenvalue weighted by Crippen LogP contribution is -2.45. The highest BCUT2D eigenvalue weighted by atomic mass is 35.5. The second-order valence-electron chi connectivity index (χ2n) is 4.75. The normalized spacial score (nSPS) is 24.9. The van der Waals surface area contributed by atoms with Gasteiger partial charge in [-0.2, -0.15) is 0 Å². The molecule has 1 fully saturated rings. The molecule has 2 nitrogen and oxygen atoms in total. The highest BCUT2D eigenvalue weighted by Crippen LogP contribution is 2.24. The lowest BCUT2D eigenvalue weighted by Gasteiger charge is -2.34. The molecular weight excluding hydrogens is 241 g/mol. The Morgan fingerprint density at radius 2 is 2.35 bits per heavy atom. The minimum Gasteiger partial charge on any atom is -0.369 e. The predicted molar refractivity (Wildman–Crippen MR) is 66.7 cm³/mol.